The Balaban J connectivity index is 1.39. The fourth-order valence-electron chi connectivity index (χ4n) is 3.96. The zero-order valence-electron chi connectivity index (χ0n) is 15.7. The van der Waals surface area contributed by atoms with Crippen molar-refractivity contribution in [3.63, 3.8) is 0 Å². The normalized spacial score (nSPS) is 18.6. The molecule has 1 aromatic carbocycles. The molecular weight excluding hydrogens is 390 g/mol. The molecule has 1 unspecified atom stereocenters. The first-order valence-electron chi connectivity index (χ1n) is 9.65. The zero-order valence-corrected chi connectivity index (χ0v) is 17.3. The summed E-state index contributed by atoms with van der Waals surface area (Å²) in [6.07, 6.45) is 5.82. The summed E-state index contributed by atoms with van der Waals surface area (Å²) in [5, 5.41) is 1.49. The van der Waals surface area contributed by atoms with Gasteiger partial charge >= 0.3 is 0 Å². The van der Waals surface area contributed by atoms with Crippen LogP contribution in [0.25, 0.3) is 10.2 Å². The van der Waals surface area contributed by atoms with E-state index in [1.165, 1.54) is 23.2 Å². The summed E-state index contributed by atoms with van der Waals surface area (Å²) in [6, 6.07) is 8.12. The van der Waals surface area contributed by atoms with E-state index in [9.17, 15) is 4.79 Å². The number of rotatable bonds is 3. The molecule has 3 aromatic rings. The number of para-hydroxylation sites is 1. The van der Waals surface area contributed by atoms with Gasteiger partial charge in [0.1, 0.15) is 11.2 Å². The molecule has 3 heterocycles. The minimum Gasteiger partial charge on any atom is -0.467 e. The number of thioether (sulfide) groups is 1. The summed E-state index contributed by atoms with van der Waals surface area (Å²) in [5.74, 6) is 0.518. The molecular formula is C21H21N3O2S2. The molecule has 0 saturated carbocycles. The van der Waals surface area contributed by atoms with Gasteiger partial charge in [-0.15, -0.1) is 23.1 Å². The van der Waals surface area contributed by atoms with Crippen molar-refractivity contribution in [2.75, 3.05) is 18.1 Å². The van der Waals surface area contributed by atoms with E-state index >= 15 is 0 Å². The summed E-state index contributed by atoms with van der Waals surface area (Å²) in [6.45, 7) is 2.91. The second-order valence-electron chi connectivity index (χ2n) is 7.24. The van der Waals surface area contributed by atoms with E-state index in [2.05, 4.69) is 23.0 Å². The highest BCUT2D eigenvalue weighted by atomic mass is 32.2. The van der Waals surface area contributed by atoms with Crippen molar-refractivity contribution in [1.82, 2.24) is 9.97 Å². The molecule has 1 aliphatic carbocycles. The summed E-state index contributed by atoms with van der Waals surface area (Å²) in [4.78, 5) is 27.2. The van der Waals surface area contributed by atoms with E-state index in [1.807, 2.05) is 34.9 Å². The number of hydrogen-bond donors (Lipinski definition) is 0. The molecule has 7 heteroatoms. The Morgan fingerprint density at radius 2 is 2.18 bits per heavy atom. The number of thiophene rings is 1. The van der Waals surface area contributed by atoms with Crippen LogP contribution in [0.15, 0.2) is 35.5 Å². The lowest BCUT2D eigenvalue weighted by Crippen LogP contribution is -2.36. The summed E-state index contributed by atoms with van der Waals surface area (Å²) >= 11 is 3.56. The lowest BCUT2D eigenvalue weighted by Gasteiger charge is -2.22. The average Bonchev–Trinajstić information content (AvgIpc) is 3.24. The largest absolute Gasteiger partial charge is 0.467 e. The van der Waals surface area contributed by atoms with Crippen molar-refractivity contribution >= 4 is 44.9 Å². The lowest BCUT2D eigenvalue weighted by molar-refractivity contribution is -0.120. The van der Waals surface area contributed by atoms with Crippen molar-refractivity contribution in [2.45, 2.75) is 42.8 Å². The fourth-order valence-corrected chi connectivity index (χ4v) is 6.30. The SMILES string of the molecule is CC1CCN(C(=O)COc2ncnc3sc4c(c23)CCC4)c2ccccc2S1. The number of aromatic nitrogens is 2. The number of ether oxygens (including phenoxy) is 1. The third kappa shape index (κ3) is 3.16. The van der Waals surface area contributed by atoms with Gasteiger partial charge in [0.25, 0.3) is 5.91 Å². The van der Waals surface area contributed by atoms with E-state index in [1.54, 1.807) is 11.3 Å². The van der Waals surface area contributed by atoms with Gasteiger partial charge in [-0.05, 0) is 43.4 Å². The highest BCUT2D eigenvalue weighted by molar-refractivity contribution is 8.00. The maximum Gasteiger partial charge on any atom is 0.265 e. The van der Waals surface area contributed by atoms with Crippen LogP contribution in [-0.4, -0.2) is 34.3 Å². The Morgan fingerprint density at radius 1 is 1.29 bits per heavy atom. The van der Waals surface area contributed by atoms with Crippen molar-refractivity contribution in [2.24, 2.45) is 0 Å². The van der Waals surface area contributed by atoms with Crippen molar-refractivity contribution < 1.29 is 9.53 Å². The zero-order chi connectivity index (χ0) is 19.1. The summed E-state index contributed by atoms with van der Waals surface area (Å²) in [7, 11) is 0. The molecule has 1 atom stereocenters. The van der Waals surface area contributed by atoms with Gasteiger partial charge in [-0.2, -0.15) is 0 Å². The minimum absolute atomic E-state index is 0.00981. The molecule has 2 aliphatic rings. The molecule has 0 spiro atoms. The lowest BCUT2D eigenvalue weighted by atomic mass is 10.2. The molecule has 2 aromatic heterocycles. The highest BCUT2D eigenvalue weighted by Crippen LogP contribution is 2.40. The standard InChI is InChI=1S/C21H21N3O2S2/c1-13-9-10-24(15-6-2-3-7-17(15)27-13)18(25)11-26-20-19-14-5-4-8-16(14)28-21(19)23-12-22-20/h2-3,6-7,12-13H,4-5,8-11H2,1H3. The van der Waals surface area contributed by atoms with Crippen molar-refractivity contribution in [3.8, 4) is 5.88 Å². The number of aryl methyl sites for hydroxylation is 2. The monoisotopic (exact) mass is 411 g/mol. The number of carbonyl (C=O) groups is 1. The van der Waals surface area contributed by atoms with Gasteiger partial charge in [0.15, 0.2) is 6.61 Å². The number of nitrogens with zero attached hydrogens (tertiary/aromatic N) is 3. The van der Waals surface area contributed by atoms with Crippen molar-refractivity contribution in [3.05, 3.63) is 41.0 Å². The van der Waals surface area contributed by atoms with Crippen LogP contribution in [0.4, 0.5) is 5.69 Å². The first kappa shape index (κ1) is 17.9. The van der Waals surface area contributed by atoms with Gasteiger partial charge < -0.3 is 9.64 Å². The van der Waals surface area contributed by atoms with Crippen LogP contribution >= 0.6 is 23.1 Å². The summed E-state index contributed by atoms with van der Waals surface area (Å²) < 4.78 is 5.96. The molecule has 0 radical (unpaired) electrons. The summed E-state index contributed by atoms with van der Waals surface area (Å²) in [5.41, 5.74) is 2.29. The Hall–Kier alpha value is -2.12. The third-order valence-corrected chi connectivity index (χ3v) is 7.78. The Kier molecular flexibility index (Phi) is 4.72. The Morgan fingerprint density at radius 3 is 3.11 bits per heavy atom. The van der Waals surface area contributed by atoms with Gasteiger partial charge in [-0.1, -0.05) is 19.1 Å². The molecule has 5 rings (SSSR count). The quantitative estimate of drug-likeness (QED) is 0.636. The molecule has 1 aliphatic heterocycles. The number of amides is 1. The number of benzene rings is 1. The van der Waals surface area contributed by atoms with Crippen LogP contribution in [0.1, 0.15) is 30.2 Å². The Labute approximate surface area is 172 Å². The molecule has 1 amide bonds. The molecule has 144 valence electrons. The predicted octanol–water partition coefficient (Wildman–Crippen LogP) is 4.48. The molecule has 0 fully saturated rings. The Bertz CT molecular complexity index is 1050. The van der Waals surface area contributed by atoms with E-state index in [4.69, 9.17) is 4.74 Å². The maximum atomic E-state index is 13.1. The van der Waals surface area contributed by atoms with Crippen LogP contribution in [0.2, 0.25) is 0 Å². The number of anilines is 1. The maximum absolute atomic E-state index is 13.1. The first-order chi connectivity index (χ1) is 13.7. The van der Waals surface area contributed by atoms with Gasteiger partial charge in [-0.25, -0.2) is 9.97 Å². The number of carbonyl (C=O) groups excluding carboxylic acids is 1. The molecule has 0 N–H and O–H groups in total. The molecule has 0 bridgehead atoms. The average molecular weight is 412 g/mol. The van der Waals surface area contributed by atoms with E-state index in [0.29, 0.717) is 17.7 Å². The number of hydrogen-bond acceptors (Lipinski definition) is 6. The first-order valence-corrected chi connectivity index (χ1v) is 11.3. The van der Waals surface area contributed by atoms with Crippen LogP contribution in [-0.2, 0) is 17.6 Å². The van der Waals surface area contributed by atoms with E-state index < -0.39 is 0 Å². The van der Waals surface area contributed by atoms with Gasteiger partial charge in [0, 0.05) is 21.6 Å². The smallest absolute Gasteiger partial charge is 0.265 e. The van der Waals surface area contributed by atoms with Crippen LogP contribution in [0.3, 0.4) is 0 Å². The van der Waals surface area contributed by atoms with Crippen LogP contribution < -0.4 is 9.64 Å². The minimum atomic E-state index is -0.0270. The molecule has 5 nitrogen and oxygen atoms in total. The molecule has 0 saturated heterocycles. The number of fused-ring (bicyclic) bond motifs is 4. The van der Waals surface area contributed by atoms with E-state index in [-0.39, 0.29) is 12.5 Å². The van der Waals surface area contributed by atoms with Gasteiger partial charge in [-0.3, -0.25) is 4.79 Å². The third-order valence-electron chi connectivity index (χ3n) is 5.34. The van der Waals surface area contributed by atoms with Crippen LogP contribution in [0, 0.1) is 0 Å². The second-order valence-corrected chi connectivity index (χ2v) is 9.80. The van der Waals surface area contributed by atoms with Crippen molar-refractivity contribution in [1.29, 1.82) is 0 Å². The van der Waals surface area contributed by atoms with Crippen LogP contribution in [0.5, 0.6) is 5.88 Å². The predicted molar refractivity (Wildman–Crippen MR) is 114 cm³/mol. The van der Waals surface area contributed by atoms with Gasteiger partial charge in [0.05, 0.1) is 11.1 Å². The topological polar surface area (TPSA) is 55.3 Å². The van der Waals surface area contributed by atoms with E-state index in [0.717, 1.165) is 40.1 Å². The fraction of sp³-hybridized carbons (Fsp3) is 0.381. The van der Waals surface area contributed by atoms with Gasteiger partial charge in [0.2, 0.25) is 5.88 Å². The highest BCUT2D eigenvalue weighted by Gasteiger charge is 2.26. The second kappa shape index (κ2) is 7.37. The molecule has 28 heavy (non-hydrogen) atoms.